The van der Waals surface area contributed by atoms with E-state index in [0.29, 0.717) is 5.54 Å². The van der Waals surface area contributed by atoms with E-state index in [1.807, 2.05) is 0 Å². The van der Waals surface area contributed by atoms with Crippen LogP contribution in [-0.2, 0) is 0 Å². The number of rotatable bonds is 3. The van der Waals surface area contributed by atoms with Gasteiger partial charge in [0.05, 0.1) is 0 Å². The SMILES string of the molecule is CCCNC1(C)CCC1C. The van der Waals surface area contributed by atoms with Crippen LogP contribution in [0.2, 0.25) is 0 Å². The monoisotopic (exact) mass is 141 g/mol. The van der Waals surface area contributed by atoms with Crippen LogP contribution in [0.15, 0.2) is 0 Å². The van der Waals surface area contributed by atoms with Gasteiger partial charge < -0.3 is 5.32 Å². The summed E-state index contributed by atoms with van der Waals surface area (Å²) in [5, 5.41) is 3.59. The topological polar surface area (TPSA) is 12.0 Å². The maximum Gasteiger partial charge on any atom is 0.0179 e. The van der Waals surface area contributed by atoms with Crippen molar-refractivity contribution in [3.8, 4) is 0 Å². The van der Waals surface area contributed by atoms with Gasteiger partial charge in [-0.15, -0.1) is 0 Å². The van der Waals surface area contributed by atoms with Crippen LogP contribution in [0.25, 0.3) is 0 Å². The van der Waals surface area contributed by atoms with E-state index >= 15 is 0 Å². The molecule has 1 heteroatoms. The fourth-order valence-corrected chi connectivity index (χ4v) is 1.54. The Morgan fingerprint density at radius 2 is 2.30 bits per heavy atom. The van der Waals surface area contributed by atoms with Gasteiger partial charge in [0.25, 0.3) is 0 Å². The molecule has 0 aromatic rings. The Bertz CT molecular complexity index is 111. The van der Waals surface area contributed by atoms with Crippen LogP contribution in [0.1, 0.15) is 40.0 Å². The molecule has 0 aliphatic heterocycles. The number of hydrogen-bond acceptors (Lipinski definition) is 1. The summed E-state index contributed by atoms with van der Waals surface area (Å²) >= 11 is 0. The van der Waals surface area contributed by atoms with Crippen molar-refractivity contribution in [3.05, 3.63) is 0 Å². The van der Waals surface area contributed by atoms with Gasteiger partial charge in [0.15, 0.2) is 0 Å². The molecular formula is C9H19N. The first-order chi connectivity index (χ1) is 4.69. The molecule has 1 N–H and O–H groups in total. The maximum atomic E-state index is 3.59. The molecule has 1 aliphatic rings. The van der Waals surface area contributed by atoms with Crippen LogP contribution >= 0.6 is 0 Å². The molecule has 0 bridgehead atoms. The fraction of sp³-hybridized carbons (Fsp3) is 1.00. The summed E-state index contributed by atoms with van der Waals surface area (Å²) in [5.74, 6) is 0.888. The average Bonchev–Trinajstić information content (AvgIpc) is 1.97. The van der Waals surface area contributed by atoms with E-state index < -0.39 is 0 Å². The Morgan fingerprint density at radius 1 is 1.60 bits per heavy atom. The van der Waals surface area contributed by atoms with Gasteiger partial charge in [-0.2, -0.15) is 0 Å². The fourth-order valence-electron chi connectivity index (χ4n) is 1.54. The highest BCUT2D eigenvalue weighted by Gasteiger charge is 2.38. The van der Waals surface area contributed by atoms with Crippen molar-refractivity contribution in [2.75, 3.05) is 6.54 Å². The first-order valence-electron chi connectivity index (χ1n) is 4.44. The molecule has 0 aromatic carbocycles. The third-order valence-corrected chi connectivity index (χ3v) is 2.96. The molecule has 2 atom stereocenters. The summed E-state index contributed by atoms with van der Waals surface area (Å²) in [6, 6.07) is 0. The van der Waals surface area contributed by atoms with Crippen molar-refractivity contribution < 1.29 is 0 Å². The predicted octanol–water partition coefficient (Wildman–Crippen LogP) is 2.17. The molecule has 1 nitrogen and oxygen atoms in total. The smallest absolute Gasteiger partial charge is 0.0179 e. The van der Waals surface area contributed by atoms with Crippen LogP contribution in [0, 0.1) is 5.92 Å². The predicted molar refractivity (Wildman–Crippen MR) is 45.1 cm³/mol. The van der Waals surface area contributed by atoms with Gasteiger partial charge in [0, 0.05) is 5.54 Å². The first-order valence-corrected chi connectivity index (χ1v) is 4.44. The van der Waals surface area contributed by atoms with E-state index in [1.54, 1.807) is 0 Å². The normalized spacial score (nSPS) is 39.3. The number of hydrogen-bond donors (Lipinski definition) is 1. The van der Waals surface area contributed by atoms with Crippen molar-refractivity contribution in [2.45, 2.75) is 45.6 Å². The van der Waals surface area contributed by atoms with Crippen LogP contribution in [0.5, 0.6) is 0 Å². The van der Waals surface area contributed by atoms with Crippen LogP contribution in [0.4, 0.5) is 0 Å². The second-order valence-electron chi connectivity index (χ2n) is 3.78. The van der Waals surface area contributed by atoms with E-state index in [2.05, 4.69) is 26.1 Å². The molecule has 1 saturated carbocycles. The van der Waals surface area contributed by atoms with Crippen molar-refractivity contribution in [1.82, 2.24) is 5.32 Å². The highest BCUT2D eigenvalue weighted by Crippen LogP contribution is 2.37. The van der Waals surface area contributed by atoms with E-state index in [4.69, 9.17) is 0 Å². The van der Waals surface area contributed by atoms with Crippen LogP contribution < -0.4 is 5.32 Å². The van der Waals surface area contributed by atoms with Crippen molar-refractivity contribution in [2.24, 2.45) is 5.92 Å². The summed E-state index contributed by atoms with van der Waals surface area (Å²) in [6.45, 7) is 8.09. The molecule has 0 saturated heterocycles. The average molecular weight is 141 g/mol. The Hall–Kier alpha value is -0.0400. The van der Waals surface area contributed by atoms with Gasteiger partial charge in [-0.25, -0.2) is 0 Å². The van der Waals surface area contributed by atoms with Gasteiger partial charge >= 0.3 is 0 Å². The molecule has 0 amide bonds. The maximum absolute atomic E-state index is 3.59. The highest BCUT2D eigenvalue weighted by molar-refractivity contribution is 4.96. The molecule has 1 fully saturated rings. The standard InChI is InChI=1S/C9H19N/c1-4-7-10-9(3)6-5-8(9)2/h8,10H,4-7H2,1-3H3. The summed E-state index contributed by atoms with van der Waals surface area (Å²) in [6.07, 6.45) is 4.03. The largest absolute Gasteiger partial charge is 0.311 e. The van der Waals surface area contributed by atoms with Crippen molar-refractivity contribution in [3.63, 3.8) is 0 Å². The van der Waals surface area contributed by atoms with Gasteiger partial charge in [0.2, 0.25) is 0 Å². The first kappa shape index (κ1) is 8.06. The lowest BCUT2D eigenvalue weighted by atomic mass is 9.69. The Labute approximate surface area is 64.2 Å². The molecule has 2 unspecified atom stereocenters. The molecule has 1 aliphatic carbocycles. The zero-order chi connectivity index (χ0) is 7.61. The summed E-state index contributed by atoms with van der Waals surface area (Å²) < 4.78 is 0. The minimum absolute atomic E-state index is 0.482. The Kier molecular flexibility index (Phi) is 2.35. The van der Waals surface area contributed by atoms with Crippen molar-refractivity contribution >= 4 is 0 Å². The van der Waals surface area contributed by atoms with Gasteiger partial charge in [-0.05, 0) is 38.6 Å². The quantitative estimate of drug-likeness (QED) is 0.635. The zero-order valence-corrected chi connectivity index (χ0v) is 7.41. The minimum Gasteiger partial charge on any atom is -0.311 e. The Balaban J connectivity index is 2.24. The van der Waals surface area contributed by atoms with E-state index in [1.165, 1.54) is 25.8 Å². The van der Waals surface area contributed by atoms with Crippen molar-refractivity contribution in [1.29, 1.82) is 0 Å². The highest BCUT2D eigenvalue weighted by atomic mass is 15.0. The molecule has 60 valence electrons. The third kappa shape index (κ3) is 1.34. The van der Waals surface area contributed by atoms with Gasteiger partial charge in [-0.1, -0.05) is 13.8 Å². The molecule has 10 heavy (non-hydrogen) atoms. The Morgan fingerprint density at radius 3 is 2.60 bits per heavy atom. The summed E-state index contributed by atoms with van der Waals surface area (Å²) in [7, 11) is 0. The zero-order valence-electron chi connectivity index (χ0n) is 7.41. The lowest BCUT2D eigenvalue weighted by Crippen LogP contribution is -2.54. The summed E-state index contributed by atoms with van der Waals surface area (Å²) in [5.41, 5.74) is 0.482. The van der Waals surface area contributed by atoms with Crippen LogP contribution in [-0.4, -0.2) is 12.1 Å². The van der Waals surface area contributed by atoms with E-state index in [9.17, 15) is 0 Å². The van der Waals surface area contributed by atoms with Crippen LogP contribution in [0.3, 0.4) is 0 Å². The third-order valence-electron chi connectivity index (χ3n) is 2.96. The molecule has 0 spiro atoms. The minimum atomic E-state index is 0.482. The molecular weight excluding hydrogens is 122 g/mol. The lowest BCUT2D eigenvalue weighted by Gasteiger charge is -2.46. The molecule has 0 aromatic heterocycles. The van der Waals surface area contributed by atoms with E-state index in [0.717, 1.165) is 5.92 Å². The van der Waals surface area contributed by atoms with E-state index in [-0.39, 0.29) is 0 Å². The molecule has 0 heterocycles. The summed E-state index contributed by atoms with van der Waals surface area (Å²) in [4.78, 5) is 0. The lowest BCUT2D eigenvalue weighted by molar-refractivity contribution is 0.117. The molecule has 1 rings (SSSR count). The second-order valence-corrected chi connectivity index (χ2v) is 3.78. The second kappa shape index (κ2) is 2.91. The molecule has 0 radical (unpaired) electrons. The van der Waals surface area contributed by atoms with Gasteiger partial charge in [-0.3, -0.25) is 0 Å². The number of nitrogens with one attached hydrogen (secondary N) is 1. The van der Waals surface area contributed by atoms with Gasteiger partial charge in [0.1, 0.15) is 0 Å².